The van der Waals surface area contributed by atoms with Crippen molar-refractivity contribution in [1.29, 1.82) is 0 Å². The predicted molar refractivity (Wildman–Crippen MR) is 102 cm³/mol. The molecule has 0 radical (unpaired) electrons. The van der Waals surface area contributed by atoms with Crippen LogP contribution < -0.4 is 10.1 Å². The smallest absolute Gasteiger partial charge is 0.257 e. The SMILES string of the molecule is COc1ccc(NC(=O)C(c2ccccc2)n2cnnn2)cc1C(=O)N(C)C. The summed E-state index contributed by atoms with van der Waals surface area (Å²) in [4.78, 5) is 26.9. The van der Waals surface area contributed by atoms with Crippen LogP contribution in [0, 0.1) is 0 Å². The third kappa shape index (κ3) is 3.98. The van der Waals surface area contributed by atoms with Gasteiger partial charge in [-0.15, -0.1) is 5.10 Å². The summed E-state index contributed by atoms with van der Waals surface area (Å²) in [6, 6.07) is 13.3. The number of nitrogens with one attached hydrogen (secondary N) is 1. The Bertz CT molecular complexity index is 957. The van der Waals surface area contributed by atoms with Gasteiger partial charge in [0.05, 0.1) is 12.7 Å². The first-order valence-corrected chi connectivity index (χ1v) is 8.49. The maximum absolute atomic E-state index is 13.0. The van der Waals surface area contributed by atoms with Crippen LogP contribution in [0.1, 0.15) is 22.0 Å². The van der Waals surface area contributed by atoms with Gasteiger partial charge in [0.25, 0.3) is 11.8 Å². The normalized spacial score (nSPS) is 11.5. The fraction of sp³-hybridized carbons (Fsp3) is 0.211. The second-order valence-electron chi connectivity index (χ2n) is 6.21. The van der Waals surface area contributed by atoms with Gasteiger partial charge in [-0.05, 0) is 34.2 Å². The molecule has 28 heavy (non-hydrogen) atoms. The highest BCUT2D eigenvalue weighted by Gasteiger charge is 2.24. The molecule has 0 aliphatic rings. The van der Waals surface area contributed by atoms with Crippen molar-refractivity contribution in [2.75, 3.05) is 26.5 Å². The number of hydrogen-bond donors (Lipinski definition) is 1. The average Bonchev–Trinajstić information content (AvgIpc) is 3.22. The lowest BCUT2D eigenvalue weighted by Crippen LogP contribution is -2.28. The molecule has 3 aromatic rings. The van der Waals surface area contributed by atoms with Gasteiger partial charge in [0.2, 0.25) is 0 Å². The molecular formula is C19H20N6O3. The predicted octanol–water partition coefficient (Wildman–Crippen LogP) is 1.61. The lowest BCUT2D eigenvalue weighted by Gasteiger charge is -2.18. The van der Waals surface area contributed by atoms with E-state index in [1.165, 1.54) is 23.0 Å². The van der Waals surface area contributed by atoms with E-state index in [1.54, 1.807) is 32.3 Å². The third-order valence-corrected chi connectivity index (χ3v) is 4.10. The molecule has 2 amide bonds. The molecule has 1 heterocycles. The zero-order valence-electron chi connectivity index (χ0n) is 15.7. The number of aromatic nitrogens is 4. The van der Waals surface area contributed by atoms with Crippen molar-refractivity contribution in [3.8, 4) is 5.75 Å². The summed E-state index contributed by atoms with van der Waals surface area (Å²) >= 11 is 0. The number of methoxy groups -OCH3 is 1. The molecule has 1 atom stereocenters. The minimum absolute atomic E-state index is 0.229. The van der Waals surface area contributed by atoms with E-state index in [1.807, 2.05) is 30.3 Å². The molecule has 2 aromatic carbocycles. The number of ether oxygens (including phenoxy) is 1. The molecule has 0 fully saturated rings. The molecule has 1 N–H and O–H groups in total. The lowest BCUT2D eigenvalue weighted by atomic mass is 10.1. The van der Waals surface area contributed by atoms with Crippen molar-refractivity contribution in [2.24, 2.45) is 0 Å². The molecule has 0 bridgehead atoms. The van der Waals surface area contributed by atoms with Crippen LogP contribution in [0.25, 0.3) is 0 Å². The first-order chi connectivity index (χ1) is 13.5. The summed E-state index contributed by atoms with van der Waals surface area (Å²) < 4.78 is 6.64. The van der Waals surface area contributed by atoms with E-state index in [-0.39, 0.29) is 11.8 Å². The van der Waals surface area contributed by atoms with E-state index in [0.717, 1.165) is 5.56 Å². The van der Waals surface area contributed by atoms with E-state index in [4.69, 9.17) is 4.74 Å². The van der Waals surface area contributed by atoms with Gasteiger partial charge in [-0.2, -0.15) is 0 Å². The summed E-state index contributed by atoms with van der Waals surface area (Å²) in [5.74, 6) is -0.142. The number of benzene rings is 2. The number of carbonyl (C=O) groups is 2. The average molecular weight is 380 g/mol. The molecule has 9 heteroatoms. The van der Waals surface area contributed by atoms with Crippen LogP contribution in [0.15, 0.2) is 54.9 Å². The molecule has 0 saturated carbocycles. The minimum Gasteiger partial charge on any atom is -0.496 e. The number of carbonyl (C=O) groups excluding carboxylic acids is 2. The molecule has 0 saturated heterocycles. The molecule has 0 spiro atoms. The van der Waals surface area contributed by atoms with Crippen molar-refractivity contribution in [3.63, 3.8) is 0 Å². The van der Waals surface area contributed by atoms with Gasteiger partial charge in [-0.1, -0.05) is 30.3 Å². The minimum atomic E-state index is -0.758. The second-order valence-corrected chi connectivity index (χ2v) is 6.21. The molecule has 1 unspecified atom stereocenters. The summed E-state index contributed by atoms with van der Waals surface area (Å²) in [5.41, 5.74) is 1.54. The van der Waals surface area contributed by atoms with E-state index in [2.05, 4.69) is 20.8 Å². The van der Waals surface area contributed by atoms with Gasteiger partial charge in [-0.25, -0.2) is 4.68 Å². The van der Waals surface area contributed by atoms with Crippen LogP contribution in [0.2, 0.25) is 0 Å². The summed E-state index contributed by atoms with van der Waals surface area (Å²) in [6.07, 6.45) is 1.38. The topological polar surface area (TPSA) is 102 Å². The van der Waals surface area contributed by atoms with Gasteiger partial charge in [0.1, 0.15) is 12.1 Å². The molecular weight excluding hydrogens is 360 g/mol. The Kier molecular flexibility index (Phi) is 5.64. The van der Waals surface area contributed by atoms with E-state index in [0.29, 0.717) is 17.0 Å². The highest BCUT2D eigenvalue weighted by Crippen LogP contribution is 2.25. The van der Waals surface area contributed by atoms with Gasteiger partial charge in [0.15, 0.2) is 6.04 Å². The highest BCUT2D eigenvalue weighted by atomic mass is 16.5. The number of rotatable bonds is 6. The maximum Gasteiger partial charge on any atom is 0.257 e. The molecule has 0 aliphatic carbocycles. The Balaban J connectivity index is 1.92. The standard InChI is InChI=1S/C19H20N6O3/c1-24(2)19(27)15-11-14(9-10-16(15)28-3)21-18(26)17(25-12-20-22-23-25)13-7-5-4-6-8-13/h4-12,17H,1-3H3,(H,21,26). The van der Waals surface area contributed by atoms with Crippen molar-refractivity contribution in [2.45, 2.75) is 6.04 Å². The Labute approximate surface area is 161 Å². The first-order valence-electron chi connectivity index (χ1n) is 8.49. The van der Waals surface area contributed by atoms with Crippen molar-refractivity contribution in [3.05, 3.63) is 66.0 Å². The first kappa shape index (κ1) is 19.0. The van der Waals surface area contributed by atoms with Crippen LogP contribution in [-0.4, -0.2) is 58.1 Å². The van der Waals surface area contributed by atoms with Gasteiger partial charge >= 0.3 is 0 Å². The Morgan fingerprint density at radius 2 is 1.89 bits per heavy atom. The monoisotopic (exact) mass is 380 g/mol. The summed E-state index contributed by atoms with van der Waals surface area (Å²) in [7, 11) is 4.79. The van der Waals surface area contributed by atoms with Gasteiger partial charge in [-0.3, -0.25) is 9.59 Å². The fourth-order valence-corrected chi connectivity index (χ4v) is 2.75. The maximum atomic E-state index is 13.0. The van der Waals surface area contributed by atoms with Crippen LogP contribution in [0.3, 0.4) is 0 Å². The van der Waals surface area contributed by atoms with Crippen LogP contribution in [0.5, 0.6) is 5.75 Å². The van der Waals surface area contributed by atoms with Gasteiger partial charge in [0, 0.05) is 19.8 Å². The largest absolute Gasteiger partial charge is 0.496 e. The fourth-order valence-electron chi connectivity index (χ4n) is 2.75. The van der Waals surface area contributed by atoms with Crippen molar-refractivity contribution in [1.82, 2.24) is 25.1 Å². The number of nitrogens with zero attached hydrogens (tertiary/aromatic N) is 5. The number of amides is 2. The summed E-state index contributed by atoms with van der Waals surface area (Å²) in [5, 5.41) is 13.9. The molecule has 3 rings (SSSR count). The molecule has 144 valence electrons. The zero-order chi connectivity index (χ0) is 20.1. The second kappa shape index (κ2) is 8.30. The van der Waals surface area contributed by atoms with Crippen LogP contribution in [0.4, 0.5) is 5.69 Å². The third-order valence-electron chi connectivity index (χ3n) is 4.10. The van der Waals surface area contributed by atoms with E-state index in [9.17, 15) is 9.59 Å². The molecule has 9 nitrogen and oxygen atoms in total. The van der Waals surface area contributed by atoms with Crippen molar-refractivity contribution < 1.29 is 14.3 Å². The highest BCUT2D eigenvalue weighted by molar-refractivity contribution is 6.00. The zero-order valence-corrected chi connectivity index (χ0v) is 15.7. The molecule has 0 aliphatic heterocycles. The molecule has 1 aromatic heterocycles. The van der Waals surface area contributed by atoms with Crippen LogP contribution in [-0.2, 0) is 4.79 Å². The van der Waals surface area contributed by atoms with Crippen molar-refractivity contribution >= 4 is 17.5 Å². The van der Waals surface area contributed by atoms with Gasteiger partial charge < -0.3 is 15.0 Å². The quantitative estimate of drug-likeness (QED) is 0.697. The summed E-state index contributed by atoms with van der Waals surface area (Å²) in [6.45, 7) is 0. The Morgan fingerprint density at radius 1 is 1.14 bits per heavy atom. The van der Waals surface area contributed by atoms with E-state index < -0.39 is 6.04 Å². The van der Waals surface area contributed by atoms with Crippen LogP contribution >= 0.6 is 0 Å². The number of anilines is 1. The Morgan fingerprint density at radius 3 is 2.50 bits per heavy atom. The number of tetrazole rings is 1. The lowest BCUT2D eigenvalue weighted by molar-refractivity contribution is -0.118. The van der Waals surface area contributed by atoms with E-state index >= 15 is 0 Å². The Hall–Kier alpha value is -3.75. The number of hydrogen-bond acceptors (Lipinski definition) is 6.